The molecule has 0 spiro atoms. The summed E-state index contributed by atoms with van der Waals surface area (Å²) in [5, 5.41) is 0. The van der Waals surface area contributed by atoms with E-state index in [4.69, 9.17) is 0 Å². The van der Waals surface area contributed by atoms with Crippen LogP contribution in [0, 0.1) is 29.6 Å². The second-order valence-electron chi connectivity index (χ2n) is 8.94. The Hall–Kier alpha value is -2.82. The summed E-state index contributed by atoms with van der Waals surface area (Å²) in [6, 6.07) is 20.6. The number of para-hydroxylation sites is 1. The van der Waals surface area contributed by atoms with E-state index in [0.717, 1.165) is 0 Å². The minimum atomic E-state index is -0.153. The Morgan fingerprint density at radius 2 is 1.19 bits per heavy atom. The fourth-order valence-electron chi connectivity index (χ4n) is 8.00. The molecule has 4 aliphatic carbocycles. The molecule has 27 heavy (non-hydrogen) atoms. The highest BCUT2D eigenvalue weighted by Gasteiger charge is 2.97. The Labute approximate surface area is 154 Å². The summed E-state index contributed by atoms with van der Waals surface area (Å²) >= 11 is 0. The molecule has 9 rings (SSSR count). The summed E-state index contributed by atoms with van der Waals surface area (Å²) in [6.45, 7) is 0. The molecule has 2 bridgehead atoms. The normalized spacial score (nSPS) is 42.9. The van der Waals surface area contributed by atoms with E-state index < -0.39 is 0 Å². The van der Waals surface area contributed by atoms with Gasteiger partial charge in [-0.2, -0.15) is 0 Å². The van der Waals surface area contributed by atoms with E-state index in [0.29, 0.717) is 35.3 Å². The third-order valence-electron chi connectivity index (χ3n) is 8.45. The lowest BCUT2D eigenvalue weighted by Gasteiger charge is -2.36. The lowest BCUT2D eigenvalue weighted by atomic mass is 9.89. The van der Waals surface area contributed by atoms with Crippen LogP contribution in [-0.2, 0) is 5.41 Å². The van der Waals surface area contributed by atoms with Gasteiger partial charge in [0.05, 0.1) is 17.8 Å². The van der Waals surface area contributed by atoms with Crippen molar-refractivity contribution in [1.82, 2.24) is 13.9 Å². The van der Waals surface area contributed by atoms with Crippen molar-refractivity contribution in [3.63, 3.8) is 0 Å². The Balaban J connectivity index is 1.38. The maximum atomic E-state index is 13.3. The smallest absolute Gasteiger partial charge is 0.245 e. The molecular weight excluding hydrogens is 338 g/mol. The monoisotopic (exact) mass is 355 g/mol. The molecule has 4 fully saturated rings. The fraction of sp³-hybridized carbons (Fsp3) is 0.364. The van der Waals surface area contributed by atoms with Gasteiger partial charge in [0.25, 0.3) is 0 Å². The molecule has 5 heteroatoms. The van der Waals surface area contributed by atoms with Gasteiger partial charge in [-0.15, -0.1) is 0 Å². The highest BCUT2D eigenvalue weighted by molar-refractivity contribution is 5.54. The van der Waals surface area contributed by atoms with Gasteiger partial charge in [-0.1, -0.05) is 48.5 Å². The van der Waals surface area contributed by atoms with Crippen LogP contribution in [0.15, 0.2) is 70.3 Å². The first kappa shape index (κ1) is 13.4. The van der Waals surface area contributed by atoms with Gasteiger partial charge >= 0.3 is 11.4 Å². The third kappa shape index (κ3) is 1.10. The van der Waals surface area contributed by atoms with Crippen LogP contribution in [0.3, 0.4) is 0 Å². The zero-order chi connectivity index (χ0) is 17.7. The lowest BCUT2D eigenvalue weighted by Crippen LogP contribution is -2.45. The van der Waals surface area contributed by atoms with E-state index in [-0.39, 0.29) is 28.9 Å². The molecular formula is C22H17N3O2. The van der Waals surface area contributed by atoms with Gasteiger partial charge in [0.1, 0.15) is 0 Å². The number of aromatic nitrogens is 3. The first-order valence-electron chi connectivity index (χ1n) is 9.85. The minimum Gasteiger partial charge on any atom is -0.245 e. The summed E-state index contributed by atoms with van der Waals surface area (Å²) in [5.74, 6) is 2.92. The van der Waals surface area contributed by atoms with Gasteiger partial charge in [-0.3, -0.25) is 0 Å². The average molecular weight is 355 g/mol. The number of hydrogen-bond acceptors (Lipinski definition) is 2. The van der Waals surface area contributed by atoms with E-state index in [9.17, 15) is 9.59 Å². The zero-order valence-corrected chi connectivity index (χ0v) is 14.5. The summed E-state index contributed by atoms with van der Waals surface area (Å²) in [7, 11) is 0. The van der Waals surface area contributed by atoms with Crippen LogP contribution in [0.25, 0.3) is 5.69 Å². The largest absolute Gasteiger partial charge is 0.352 e. The van der Waals surface area contributed by atoms with Gasteiger partial charge in [0, 0.05) is 5.41 Å². The van der Waals surface area contributed by atoms with Crippen molar-refractivity contribution in [2.75, 3.05) is 0 Å². The van der Waals surface area contributed by atoms with Crippen LogP contribution in [-0.4, -0.2) is 13.9 Å². The fourth-order valence-corrected chi connectivity index (χ4v) is 8.00. The van der Waals surface area contributed by atoms with Crippen molar-refractivity contribution in [3.05, 3.63) is 87.2 Å². The maximum Gasteiger partial charge on any atom is 0.352 e. The van der Waals surface area contributed by atoms with Crippen molar-refractivity contribution >= 4 is 0 Å². The van der Waals surface area contributed by atoms with Crippen LogP contribution in [0.5, 0.6) is 0 Å². The summed E-state index contributed by atoms with van der Waals surface area (Å²) in [5.41, 5.74) is 2.03. The van der Waals surface area contributed by atoms with Crippen LogP contribution in [0.1, 0.15) is 17.6 Å². The Bertz CT molecular complexity index is 1210. The first-order valence-corrected chi connectivity index (χ1v) is 9.85. The third-order valence-corrected chi connectivity index (χ3v) is 8.45. The summed E-state index contributed by atoms with van der Waals surface area (Å²) in [4.78, 5) is 26.6. The lowest BCUT2D eigenvalue weighted by molar-refractivity contribution is 0.112. The molecule has 6 atom stereocenters. The summed E-state index contributed by atoms with van der Waals surface area (Å²) < 4.78 is 5.07. The molecule has 132 valence electrons. The molecule has 3 heterocycles. The van der Waals surface area contributed by atoms with Gasteiger partial charge in [0.15, 0.2) is 0 Å². The van der Waals surface area contributed by atoms with Gasteiger partial charge in [-0.25, -0.2) is 23.5 Å². The molecule has 0 amide bonds. The van der Waals surface area contributed by atoms with Gasteiger partial charge in [-0.05, 0) is 47.3 Å². The molecule has 6 unspecified atom stereocenters. The molecule has 5 nitrogen and oxygen atoms in total. The van der Waals surface area contributed by atoms with E-state index >= 15 is 0 Å². The second-order valence-corrected chi connectivity index (χ2v) is 8.94. The molecule has 0 saturated heterocycles. The Kier molecular flexibility index (Phi) is 1.85. The van der Waals surface area contributed by atoms with E-state index in [2.05, 4.69) is 30.3 Å². The molecule has 3 aromatic rings. The van der Waals surface area contributed by atoms with Crippen molar-refractivity contribution < 1.29 is 0 Å². The van der Waals surface area contributed by atoms with Gasteiger partial charge in [0.2, 0.25) is 0 Å². The minimum absolute atomic E-state index is 0.153. The van der Waals surface area contributed by atoms with E-state index in [1.165, 1.54) is 10.1 Å². The number of hydrogen-bond donors (Lipinski definition) is 0. The average Bonchev–Trinajstić information content (AvgIpc) is 3.53. The topological polar surface area (TPSA) is 48.9 Å². The van der Waals surface area contributed by atoms with Gasteiger partial charge < -0.3 is 0 Å². The maximum absolute atomic E-state index is 13.3. The predicted molar refractivity (Wildman–Crippen MR) is 97.9 cm³/mol. The standard InChI is InChI=1S/C22H17N3O2/c26-20-23(12-9-5-2-6-10-12)21(27)25-19-14-13-15(14)22(11-7-3-1-4-8-11)16(17(19)22)18(13)24(20)25/h1-10,13-19H. The molecule has 1 aromatic heterocycles. The number of nitrogens with zero attached hydrogens (tertiary/aromatic N) is 3. The van der Waals surface area contributed by atoms with E-state index in [1.54, 1.807) is 0 Å². The highest BCUT2D eigenvalue weighted by Crippen LogP contribution is 2.97. The Morgan fingerprint density at radius 1 is 0.667 bits per heavy atom. The van der Waals surface area contributed by atoms with Crippen molar-refractivity contribution in [1.29, 1.82) is 0 Å². The Morgan fingerprint density at radius 3 is 1.74 bits per heavy atom. The first-order chi connectivity index (χ1) is 13.3. The molecule has 4 saturated carbocycles. The molecule has 0 radical (unpaired) electrons. The molecule has 0 N–H and O–H groups in total. The molecule has 6 aliphatic rings. The zero-order valence-electron chi connectivity index (χ0n) is 14.5. The highest BCUT2D eigenvalue weighted by atomic mass is 16.2. The van der Waals surface area contributed by atoms with Crippen LogP contribution >= 0.6 is 0 Å². The second kappa shape index (κ2) is 3.75. The molecule has 2 aromatic carbocycles. The predicted octanol–water partition coefficient (Wildman–Crippen LogP) is 1.97. The number of benzene rings is 2. The summed E-state index contributed by atoms with van der Waals surface area (Å²) in [6.07, 6.45) is 0. The quantitative estimate of drug-likeness (QED) is 0.706. The van der Waals surface area contributed by atoms with Crippen LogP contribution in [0.4, 0.5) is 0 Å². The van der Waals surface area contributed by atoms with Crippen molar-refractivity contribution in [2.24, 2.45) is 29.6 Å². The van der Waals surface area contributed by atoms with Crippen LogP contribution in [0.2, 0.25) is 0 Å². The van der Waals surface area contributed by atoms with Crippen molar-refractivity contribution in [3.8, 4) is 5.69 Å². The van der Waals surface area contributed by atoms with Crippen LogP contribution < -0.4 is 11.4 Å². The SMILES string of the molecule is O=c1n(-c2ccccc2)c(=O)n2n1C1C3C4C2C2C1C2(c1ccccc1)C34. The van der Waals surface area contributed by atoms with E-state index in [1.807, 2.05) is 39.7 Å². The van der Waals surface area contributed by atoms with Crippen molar-refractivity contribution in [2.45, 2.75) is 17.5 Å². The number of rotatable bonds is 2. The molecule has 2 aliphatic heterocycles.